The van der Waals surface area contributed by atoms with E-state index >= 15 is 0 Å². The molecule has 1 N–H and O–H groups in total. The predicted octanol–water partition coefficient (Wildman–Crippen LogP) is 4.28. The molecule has 39 heavy (non-hydrogen) atoms. The molecule has 0 aromatic heterocycles. The maximum atomic E-state index is 13.7. The fourth-order valence-electron chi connectivity index (χ4n) is 4.30. The molecule has 3 aromatic carbocycles. The normalized spacial score (nSPS) is 11.9. The summed E-state index contributed by atoms with van der Waals surface area (Å²) < 4.78 is 31.6. The van der Waals surface area contributed by atoms with Crippen LogP contribution in [0.15, 0.2) is 78.9 Å². The summed E-state index contributed by atoms with van der Waals surface area (Å²) in [7, 11) is -0.572. The van der Waals surface area contributed by atoms with E-state index in [-0.39, 0.29) is 37.7 Å². The number of halogens is 1. The van der Waals surface area contributed by atoms with Gasteiger partial charge in [-0.25, -0.2) is 8.42 Å². The molecule has 2 amide bonds. The van der Waals surface area contributed by atoms with Crippen molar-refractivity contribution in [1.82, 2.24) is 10.2 Å². The Labute approximate surface area is 235 Å². The highest BCUT2D eigenvalue weighted by Gasteiger charge is 2.30. The standard InChI is InChI=1S/C29H34ClN3O5S/c1-31-29(35)27(19-22-11-5-4-6-12-22)32(21-23-13-7-8-16-26(23)30)28(34)17-10-18-33(39(3,36)37)24-14-9-15-25(20-24)38-2/h4-9,11-16,20,27H,10,17-19,21H2,1-3H3,(H,31,35). The molecule has 0 aliphatic rings. The van der Waals surface area contributed by atoms with Crippen LogP contribution in [0.3, 0.4) is 0 Å². The second-order valence-corrected chi connectivity index (χ2v) is 11.4. The molecular formula is C29H34ClN3O5S. The summed E-state index contributed by atoms with van der Waals surface area (Å²) in [5.74, 6) is -0.0515. The van der Waals surface area contributed by atoms with E-state index in [4.69, 9.17) is 16.3 Å². The molecule has 0 saturated heterocycles. The molecular weight excluding hydrogens is 538 g/mol. The van der Waals surface area contributed by atoms with Gasteiger partial charge in [0.2, 0.25) is 21.8 Å². The highest BCUT2D eigenvalue weighted by atomic mass is 35.5. The number of likely N-dealkylation sites (N-methyl/N-ethyl adjacent to an activating group) is 1. The summed E-state index contributed by atoms with van der Waals surface area (Å²) >= 11 is 6.42. The molecule has 0 radical (unpaired) electrons. The first-order chi connectivity index (χ1) is 18.6. The molecule has 0 heterocycles. The molecule has 3 aromatic rings. The lowest BCUT2D eigenvalue weighted by Gasteiger charge is -2.32. The molecule has 0 aliphatic carbocycles. The molecule has 0 aliphatic heterocycles. The van der Waals surface area contributed by atoms with E-state index in [1.165, 1.54) is 23.4 Å². The van der Waals surface area contributed by atoms with Gasteiger partial charge in [0.1, 0.15) is 11.8 Å². The molecule has 0 bridgehead atoms. The minimum atomic E-state index is -3.62. The lowest BCUT2D eigenvalue weighted by atomic mass is 10.0. The summed E-state index contributed by atoms with van der Waals surface area (Å²) in [6.45, 7) is 0.218. The van der Waals surface area contributed by atoms with Gasteiger partial charge in [-0.1, -0.05) is 66.2 Å². The largest absolute Gasteiger partial charge is 0.497 e. The van der Waals surface area contributed by atoms with Gasteiger partial charge in [-0.3, -0.25) is 13.9 Å². The second kappa shape index (κ2) is 14.0. The van der Waals surface area contributed by atoms with Crippen LogP contribution in [-0.2, 0) is 32.6 Å². The van der Waals surface area contributed by atoms with Gasteiger partial charge < -0.3 is 15.0 Å². The van der Waals surface area contributed by atoms with Crippen LogP contribution >= 0.6 is 11.6 Å². The van der Waals surface area contributed by atoms with Crippen molar-refractivity contribution in [3.8, 4) is 5.75 Å². The summed E-state index contributed by atoms with van der Waals surface area (Å²) in [6, 6.07) is 22.6. The molecule has 0 saturated carbocycles. The van der Waals surface area contributed by atoms with Crippen molar-refractivity contribution in [3.05, 3.63) is 95.0 Å². The first-order valence-electron chi connectivity index (χ1n) is 12.5. The predicted molar refractivity (Wildman–Crippen MR) is 154 cm³/mol. The first kappa shape index (κ1) is 30.0. The number of nitrogens with one attached hydrogen (secondary N) is 1. The molecule has 1 atom stereocenters. The van der Waals surface area contributed by atoms with E-state index in [1.807, 2.05) is 42.5 Å². The third-order valence-electron chi connectivity index (χ3n) is 6.31. The van der Waals surface area contributed by atoms with Gasteiger partial charge in [-0.05, 0) is 35.7 Å². The van der Waals surface area contributed by atoms with Crippen molar-refractivity contribution in [2.24, 2.45) is 0 Å². The van der Waals surface area contributed by atoms with Crippen LogP contribution in [-0.4, -0.2) is 58.1 Å². The Kier molecular flexibility index (Phi) is 10.8. The van der Waals surface area contributed by atoms with Gasteiger partial charge in [0.25, 0.3) is 0 Å². The van der Waals surface area contributed by atoms with Crippen molar-refractivity contribution in [2.75, 3.05) is 31.3 Å². The number of methoxy groups -OCH3 is 1. The number of anilines is 1. The van der Waals surface area contributed by atoms with Crippen molar-refractivity contribution in [2.45, 2.75) is 31.8 Å². The third kappa shape index (κ3) is 8.46. The number of ether oxygens (including phenoxy) is 1. The Bertz CT molecular complexity index is 1370. The number of hydrogen-bond acceptors (Lipinski definition) is 5. The van der Waals surface area contributed by atoms with Crippen molar-refractivity contribution in [1.29, 1.82) is 0 Å². The number of carbonyl (C=O) groups excluding carboxylic acids is 2. The molecule has 8 nitrogen and oxygen atoms in total. The maximum absolute atomic E-state index is 13.7. The molecule has 208 valence electrons. The van der Waals surface area contributed by atoms with Crippen LogP contribution in [0.1, 0.15) is 24.0 Å². The molecule has 1 unspecified atom stereocenters. The zero-order chi connectivity index (χ0) is 28.4. The third-order valence-corrected chi connectivity index (χ3v) is 7.87. The molecule has 0 spiro atoms. The fraction of sp³-hybridized carbons (Fsp3) is 0.310. The van der Waals surface area contributed by atoms with Gasteiger partial charge in [0.05, 0.1) is 19.1 Å². The van der Waals surface area contributed by atoms with Crippen LogP contribution in [0, 0.1) is 0 Å². The summed E-state index contributed by atoms with van der Waals surface area (Å²) in [5, 5.41) is 3.17. The van der Waals surface area contributed by atoms with Gasteiger partial charge in [-0.15, -0.1) is 0 Å². The van der Waals surface area contributed by atoms with Crippen LogP contribution in [0.4, 0.5) is 5.69 Å². The Morgan fingerprint density at radius 1 is 1.00 bits per heavy atom. The smallest absolute Gasteiger partial charge is 0.242 e. The number of hydrogen-bond donors (Lipinski definition) is 1. The van der Waals surface area contributed by atoms with E-state index < -0.39 is 16.1 Å². The Morgan fingerprint density at radius 3 is 2.33 bits per heavy atom. The Balaban J connectivity index is 1.85. The topological polar surface area (TPSA) is 96.0 Å². The second-order valence-electron chi connectivity index (χ2n) is 9.07. The number of rotatable bonds is 13. The lowest BCUT2D eigenvalue weighted by molar-refractivity contribution is -0.141. The molecule has 10 heteroatoms. The lowest BCUT2D eigenvalue weighted by Crippen LogP contribution is -2.49. The van der Waals surface area contributed by atoms with Crippen molar-refractivity contribution in [3.63, 3.8) is 0 Å². The van der Waals surface area contributed by atoms with Gasteiger partial charge in [-0.2, -0.15) is 0 Å². The summed E-state index contributed by atoms with van der Waals surface area (Å²) in [5.41, 5.74) is 2.07. The van der Waals surface area contributed by atoms with Crippen LogP contribution in [0.5, 0.6) is 5.75 Å². The fourth-order valence-corrected chi connectivity index (χ4v) is 5.45. The van der Waals surface area contributed by atoms with Crippen molar-refractivity contribution < 1.29 is 22.7 Å². The Hall–Kier alpha value is -3.56. The zero-order valence-corrected chi connectivity index (χ0v) is 23.9. The van der Waals surface area contributed by atoms with E-state index in [0.717, 1.165) is 11.8 Å². The monoisotopic (exact) mass is 571 g/mol. The highest BCUT2D eigenvalue weighted by molar-refractivity contribution is 7.92. The summed E-state index contributed by atoms with van der Waals surface area (Å²) in [4.78, 5) is 28.3. The van der Waals surface area contributed by atoms with E-state index in [1.54, 1.807) is 36.4 Å². The van der Waals surface area contributed by atoms with E-state index in [9.17, 15) is 18.0 Å². The quantitative estimate of drug-likeness (QED) is 0.330. The zero-order valence-electron chi connectivity index (χ0n) is 22.3. The van der Waals surface area contributed by atoms with E-state index in [2.05, 4.69) is 5.32 Å². The van der Waals surface area contributed by atoms with Crippen molar-refractivity contribution >= 4 is 39.1 Å². The van der Waals surface area contributed by atoms with Crippen LogP contribution in [0.2, 0.25) is 5.02 Å². The van der Waals surface area contributed by atoms with Crippen LogP contribution < -0.4 is 14.4 Å². The van der Waals surface area contributed by atoms with E-state index in [0.29, 0.717) is 28.4 Å². The van der Waals surface area contributed by atoms with Crippen LogP contribution in [0.25, 0.3) is 0 Å². The number of carbonyl (C=O) groups is 2. The number of benzene rings is 3. The first-order valence-corrected chi connectivity index (χ1v) is 14.8. The average Bonchev–Trinajstić information content (AvgIpc) is 2.93. The molecule has 0 fully saturated rings. The van der Waals surface area contributed by atoms with Gasteiger partial charge >= 0.3 is 0 Å². The number of nitrogens with zero attached hydrogens (tertiary/aromatic N) is 2. The minimum absolute atomic E-state index is 0.0305. The number of sulfonamides is 1. The SMILES string of the molecule is CNC(=O)C(Cc1ccccc1)N(Cc1ccccc1Cl)C(=O)CCCN(c1cccc(OC)c1)S(C)(=O)=O. The minimum Gasteiger partial charge on any atom is -0.497 e. The van der Waals surface area contributed by atoms with Gasteiger partial charge in [0, 0.05) is 44.1 Å². The number of amides is 2. The molecule has 3 rings (SSSR count). The average molecular weight is 572 g/mol. The van der Waals surface area contributed by atoms with Gasteiger partial charge in [0.15, 0.2) is 0 Å². The summed E-state index contributed by atoms with van der Waals surface area (Å²) in [6.07, 6.45) is 1.71. The maximum Gasteiger partial charge on any atom is 0.242 e. The highest BCUT2D eigenvalue weighted by Crippen LogP contribution is 2.25. The Morgan fingerprint density at radius 2 is 1.69 bits per heavy atom.